The van der Waals surface area contributed by atoms with E-state index in [1.807, 2.05) is 20.0 Å². The molecular formula is C34H50N4O. The Morgan fingerprint density at radius 2 is 1.72 bits per heavy atom. The summed E-state index contributed by atoms with van der Waals surface area (Å²) in [4.78, 5) is 9.97. The first kappa shape index (κ1) is 29.5. The van der Waals surface area contributed by atoms with Crippen molar-refractivity contribution in [2.24, 2.45) is 0 Å². The van der Waals surface area contributed by atoms with Crippen LogP contribution >= 0.6 is 0 Å². The Labute approximate surface area is 237 Å². The zero-order chi connectivity index (χ0) is 27.6. The van der Waals surface area contributed by atoms with E-state index in [9.17, 15) is 0 Å². The summed E-state index contributed by atoms with van der Waals surface area (Å²) in [5.74, 6) is 2.36. The Kier molecular flexibility index (Phi) is 11.2. The van der Waals surface area contributed by atoms with E-state index in [4.69, 9.17) is 9.72 Å². The number of hydrogen-bond donors (Lipinski definition) is 1. The lowest BCUT2D eigenvalue weighted by atomic mass is 9.87. The number of likely N-dealkylation sites (tertiary alicyclic amines) is 2. The van der Waals surface area contributed by atoms with Crippen LogP contribution in [0.2, 0.25) is 0 Å². The fourth-order valence-electron chi connectivity index (χ4n) is 6.55. The molecule has 3 fully saturated rings. The number of ether oxygens (including phenoxy) is 1. The number of nitrogens with one attached hydrogen (secondary N) is 1. The Morgan fingerprint density at radius 1 is 0.949 bits per heavy atom. The maximum Gasteiger partial charge on any atom is 0.133 e. The average molecular weight is 531 g/mol. The molecule has 1 aromatic carbocycles. The van der Waals surface area contributed by atoms with Gasteiger partial charge in [0.1, 0.15) is 5.82 Å². The van der Waals surface area contributed by atoms with Gasteiger partial charge >= 0.3 is 0 Å². The SMILES string of the molecule is C=CC=C.CC.CN1CC(N2CCCC(c3ccc4c(c3)Nc3nccc(C5CCOCC5)c3CC4)CC2)C1. The van der Waals surface area contributed by atoms with Crippen molar-refractivity contribution in [1.29, 1.82) is 0 Å². The van der Waals surface area contributed by atoms with Crippen LogP contribution in [-0.2, 0) is 17.6 Å². The number of anilines is 2. The molecule has 0 amide bonds. The molecule has 5 heteroatoms. The van der Waals surface area contributed by atoms with Crippen LogP contribution in [0.1, 0.15) is 80.0 Å². The van der Waals surface area contributed by atoms with E-state index in [0.717, 1.165) is 50.8 Å². The summed E-state index contributed by atoms with van der Waals surface area (Å²) in [7, 11) is 2.24. The third-order valence-electron chi connectivity index (χ3n) is 8.75. The Bertz CT molecular complexity index is 1060. The van der Waals surface area contributed by atoms with Gasteiger partial charge in [-0.05, 0) is 111 Å². The molecule has 1 unspecified atom stereocenters. The number of likely N-dealkylation sites (N-methyl/N-ethyl adjacent to an activating group) is 1. The van der Waals surface area contributed by atoms with Crippen molar-refractivity contribution in [3.8, 4) is 0 Å². The molecule has 0 spiro atoms. The molecule has 5 heterocycles. The number of pyridine rings is 1. The number of aromatic nitrogens is 1. The maximum atomic E-state index is 5.62. The van der Waals surface area contributed by atoms with Crippen LogP contribution in [0.25, 0.3) is 0 Å². The van der Waals surface area contributed by atoms with Crippen molar-refractivity contribution in [3.63, 3.8) is 0 Å². The van der Waals surface area contributed by atoms with Crippen LogP contribution in [0.3, 0.4) is 0 Å². The van der Waals surface area contributed by atoms with Crippen molar-refractivity contribution in [1.82, 2.24) is 14.8 Å². The van der Waals surface area contributed by atoms with Crippen LogP contribution in [0.5, 0.6) is 0 Å². The molecule has 0 saturated carbocycles. The minimum absolute atomic E-state index is 0.610. The lowest BCUT2D eigenvalue weighted by Gasteiger charge is -2.43. The van der Waals surface area contributed by atoms with Gasteiger partial charge in [-0.3, -0.25) is 4.90 Å². The van der Waals surface area contributed by atoms with E-state index < -0.39 is 0 Å². The van der Waals surface area contributed by atoms with Gasteiger partial charge in [-0.2, -0.15) is 0 Å². The summed E-state index contributed by atoms with van der Waals surface area (Å²) in [5, 5.41) is 3.77. The Balaban J connectivity index is 0.000000541. The Hall–Kier alpha value is -2.47. The van der Waals surface area contributed by atoms with E-state index >= 15 is 0 Å². The molecule has 4 aliphatic rings. The highest BCUT2D eigenvalue weighted by Crippen LogP contribution is 2.38. The van der Waals surface area contributed by atoms with Crippen molar-refractivity contribution < 1.29 is 4.74 Å². The van der Waals surface area contributed by atoms with Crippen LogP contribution in [-0.4, -0.2) is 67.3 Å². The van der Waals surface area contributed by atoms with Crippen LogP contribution in [0.4, 0.5) is 11.5 Å². The highest BCUT2D eigenvalue weighted by atomic mass is 16.5. The first-order valence-corrected chi connectivity index (χ1v) is 15.3. The van der Waals surface area contributed by atoms with Crippen LogP contribution < -0.4 is 5.32 Å². The minimum Gasteiger partial charge on any atom is -0.381 e. The number of allylic oxidation sites excluding steroid dienone is 2. The van der Waals surface area contributed by atoms with Crippen LogP contribution in [0.15, 0.2) is 55.8 Å². The molecular weight excluding hydrogens is 480 g/mol. The summed E-state index contributed by atoms with van der Waals surface area (Å²) in [6.45, 7) is 17.5. The lowest BCUT2D eigenvalue weighted by molar-refractivity contribution is 0.0546. The van der Waals surface area contributed by atoms with Crippen molar-refractivity contribution in [2.45, 2.75) is 76.7 Å². The second-order valence-corrected chi connectivity index (χ2v) is 11.2. The largest absolute Gasteiger partial charge is 0.381 e. The molecule has 4 aliphatic heterocycles. The van der Waals surface area contributed by atoms with Crippen molar-refractivity contribution >= 4 is 11.5 Å². The summed E-state index contributed by atoms with van der Waals surface area (Å²) in [6, 6.07) is 10.3. The van der Waals surface area contributed by atoms with Gasteiger partial charge in [0.15, 0.2) is 0 Å². The number of hydrogen-bond acceptors (Lipinski definition) is 5. The smallest absolute Gasteiger partial charge is 0.133 e. The summed E-state index contributed by atoms with van der Waals surface area (Å²) >= 11 is 0. The zero-order valence-electron chi connectivity index (χ0n) is 24.6. The second-order valence-electron chi connectivity index (χ2n) is 11.2. The summed E-state index contributed by atoms with van der Waals surface area (Å²) in [5.41, 5.74) is 7.15. The number of benzene rings is 1. The molecule has 1 N–H and O–H groups in total. The monoisotopic (exact) mass is 530 g/mol. The predicted octanol–water partition coefficient (Wildman–Crippen LogP) is 7.09. The third kappa shape index (κ3) is 7.39. The number of fused-ring (bicyclic) bond motifs is 2. The first-order chi connectivity index (χ1) is 19.2. The molecule has 2 aromatic rings. The van der Waals surface area contributed by atoms with Gasteiger partial charge in [0.2, 0.25) is 0 Å². The highest BCUT2D eigenvalue weighted by molar-refractivity contribution is 5.67. The van der Waals surface area contributed by atoms with Crippen LogP contribution in [0, 0.1) is 0 Å². The zero-order valence-corrected chi connectivity index (χ0v) is 24.6. The molecule has 3 saturated heterocycles. The Morgan fingerprint density at radius 3 is 2.44 bits per heavy atom. The number of nitrogens with zero attached hydrogens (tertiary/aromatic N) is 3. The molecule has 0 radical (unpaired) electrons. The fraction of sp³-hybridized carbons (Fsp3) is 0.559. The lowest BCUT2D eigenvalue weighted by Crippen LogP contribution is -2.57. The van der Waals surface area contributed by atoms with Crippen molar-refractivity contribution in [3.05, 3.63) is 78.0 Å². The van der Waals surface area contributed by atoms with Gasteiger partial charge < -0.3 is 15.0 Å². The molecule has 212 valence electrons. The molecule has 1 atom stereocenters. The molecule has 1 aromatic heterocycles. The normalized spacial score (nSPS) is 22.1. The molecule has 39 heavy (non-hydrogen) atoms. The first-order valence-electron chi connectivity index (χ1n) is 15.3. The van der Waals surface area contributed by atoms with E-state index in [2.05, 4.69) is 59.6 Å². The number of rotatable bonds is 4. The third-order valence-corrected chi connectivity index (χ3v) is 8.75. The van der Waals surface area contributed by atoms with Gasteiger partial charge in [0.25, 0.3) is 0 Å². The molecule has 5 nitrogen and oxygen atoms in total. The maximum absolute atomic E-state index is 5.62. The van der Waals surface area contributed by atoms with Crippen molar-refractivity contribution in [2.75, 3.05) is 51.8 Å². The van der Waals surface area contributed by atoms with E-state index in [0.29, 0.717) is 11.8 Å². The standard InChI is InChI=1S/C28H38N4O.C4H6.C2H6/c1-31-18-24(19-31)32-13-2-3-20(9-14-32)23-5-4-22-6-7-26-25(21-10-15-33-16-11-21)8-12-29-28(26)30-27(22)17-23;1-3-4-2;1-2/h4-5,8,12,17,20-21,24H,2-3,6-7,9-11,13-16,18-19H2,1H3,(H,29,30);3-4H,1-2H2;1-2H3. The topological polar surface area (TPSA) is 40.6 Å². The van der Waals surface area contributed by atoms with Gasteiger partial charge in [-0.15, -0.1) is 0 Å². The molecule has 0 aliphatic carbocycles. The highest BCUT2D eigenvalue weighted by Gasteiger charge is 2.31. The second kappa shape index (κ2) is 14.8. The van der Waals surface area contributed by atoms with E-state index in [1.165, 1.54) is 73.4 Å². The quantitative estimate of drug-likeness (QED) is 0.428. The summed E-state index contributed by atoms with van der Waals surface area (Å²) in [6.07, 6.45) is 13.6. The van der Waals surface area contributed by atoms with E-state index in [1.54, 1.807) is 12.2 Å². The molecule has 6 rings (SSSR count). The van der Waals surface area contributed by atoms with Gasteiger partial charge in [-0.1, -0.05) is 51.3 Å². The average Bonchev–Trinajstić information content (AvgIpc) is 3.33. The predicted molar refractivity (Wildman–Crippen MR) is 165 cm³/mol. The van der Waals surface area contributed by atoms with E-state index in [-0.39, 0.29) is 0 Å². The van der Waals surface area contributed by atoms with Gasteiger partial charge in [0.05, 0.1) is 0 Å². The van der Waals surface area contributed by atoms with Gasteiger partial charge in [0, 0.05) is 44.2 Å². The summed E-state index contributed by atoms with van der Waals surface area (Å²) < 4.78 is 5.62. The molecule has 0 bridgehead atoms. The minimum atomic E-state index is 0.610. The number of aryl methyl sites for hydroxylation is 1. The fourth-order valence-corrected chi connectivity index (χ4v) is 6.55. The van der Waals surface area contributed by atoms with Gasteiger partial charge in [-0.25, -0.2) is 4.98 Å².